The number of hydrogen-bond acceptors (Lipinski definition) is 5. The number of aromatic nitrogens is 1. The second-order valence-corrected chi connectivity index (χ2v) is 10.2. The quantitative estimate of drug-likeness (QED) is 0.279. The van der Waals surface area contributed by atoms with E-state index < -0.39 is 41.7 Å². The van der Waals surface area contributed by atoms with E-state index >= 15 is 0 Å². The SMILES string of the molecule is Cc1cc(N(Cc2cc(C(F)(F)F)cc(C(F)(F)F)c2)C2CCCN(C(=O)OC(C)C)c3cc(Cl)ccc32)on1. The van der Waals surface area contributed by atoms with Crippen LogP contribution in [0.25, 0.3) is 0 Å². The van der Waals surface area contributed by atoms with Gasteiger partial charge in [-0.05, 0) is 75.1 Å². The van der Waals surface area contributed by atoms with E-state index in [0.717, 1.165) is 0 Å². The second-order valence-electron chi connectivity index (χ2n) is 9.79. The number of aryl methyl sites for hydroxylation is 1. The average Bonchev–Trinajstić information content (AvgIpc) is 3.18. The molecule has 1 amide bonds. The molecule has 0 N–H and O–H groups in total. The Morgan fingerprint density at radius 2 is 1.75 bits per heavy atom. The van der Waals surface area contributed by atoms with Gasteiger partial charge in [0.2, 0.25) is 5.88 Å². The van der Waals surface area contributed by atoms with E-state index in [1.165, 1.54) is 4.90 Å². The molecule has 0 fully saturated rings. The number of ether oxygens (including phenoxy) is 1. The number of fused-ring (bicyclic) bond motifs is 1. The van der Waals surface area contributed by atoms with Crippen LogP contribution in [-0.2, 0) is 23.6 Å². The molecule has 4 rings (SSSR count). The van der Waals surface area contributed by atoms with E-state index in [1.54, 1.807) is 49.9 Å². The van der Waals surface area contributed by atoms with Gasteiger partial charge in [0.05, 0.1) is 34.7 Å². The Kier molecular flexibility index (Phi) is 8.30. The Bertz CT molecular complexity index is 1340. The van der Waals surface area contributed by atoms with E-state index in [-0.39, 0.29) is 30.6 Å². The highest BCUT2D eigenvalue weighted by atomic mass is 35.5. The third kappa shape index (κ3) is 6.65. The number of carbonyl (C=O) groups is 1. The lowest BCUT2D eigenvalue weighted by atomic mass is 9.98. The third-order valence-corrected chi connectivity index (χ3v) is 6.57. The average molecular weight is 590 g/mol. The molecule has 0 aliphatic carbocycles. The minimum Gasteiger partial charge on any atom is -0.446 e. The molecule has 6 nitrogen and oxygen atoms in total. The van der Waals surface area contributed by atoms with Crippen molar-refractivity contribution in [2.75, 3.05) is 16.3 Å². The van der Waals surface area contributed by atoms with Crippen LogP contribution < -0.4 is 9.80 Å². The van der Waals surface area contributed by atoms with Crippen molar-refractivity contribution in [2.45, 2.75) is 64.7 Å². The predicted molar refractivity (Wildman–Crippen MR) is 136 cm³/mol. The van der Waals surface area contributed by atoms with Crippen molar-refractivity contribution in [2.24, 2.45) is 0 Å². The van der Waals surface area contributed by atoms with Crippen LogP contribution in [0.1, 0.15) is 60.7 Å². The second kappa shape index (κ2) is 11.2. The number of rotatable bonds is 5. The molecule has 3 aromatic rings. The summed E-state index contributed by atoms with van der Waals surface area (Å²) in [6.07, 6.45) is -10.2. The molecule has 0 saturated carbocycles. The third-order valence-electron chi connectivity index (χ3n) is 6.33. The topological polar surface area (TPSA) is 58.8 Å². The summed E-state index contributed by atoms with van der Waals surface area (Å²) in [6, 6.07) is 7.24. The fourth-order valence-corrected chi connectivity index (χ4v) is 4.83. The van der Waals surface area contributed by atoms with Crippen molar-refractivity contribution in [3.05, 3.63) is 75.4 Å². The normalized spacial score (nSPS) is 16.1. The van der Waals surface area contributed by atoms with Crippen LogP contribution in [0.2, 0.25) is 5.02 Å². The first-order valence-corrected chi connectivity index (χ1v) is 12.8. The van der Waals surface area contributed by atoms with Gasteiger partial charge in [0.15, 0.2) is 0 Å². The summed E-state index contributed by atoms with van der Waals surface area (Å²) in [5.41, 5.74) is -1.61. The summed E-state index contributed by atoms with van der Waals surface area (Å²) in [5.74, 6) is 0.146. The maximum Gasteiger partial charge on any atom is 0.416 e. The Morgan fingerprint density at radius 3 is 2.30 bits per heavy atom. The monoisotopic (exact) mass is 589 g/mol. The molecule has 0 spiro atoms. The minimum absolute atomic E-state index is 0.0909. The van der Waals surface area contributed by atoms with E-state index in [9.17, 15) is 31.1 Å². The van der Waals surface area contributed by atoms with Crippen molar-refractivity contribution in [3.63, 3.8) is 0 Å². The number of carbonyl (C=O) groups excluding carboxylic acids is 1. The lowest BCUT2D eigenvalue weighted by Crippen LogP contribution is -2.34. The lowest BCUT2D eigenvalue weighted by molar-refractivity contribution is -0.143. The van der Waals surface area contributed by atoms with Crippen molar-refractivity contribution in [1.29, 1.82) is 0 Å². The number of benzene rings is 2. The maximum atomic E-state index is 13.6. The molecular formula is C27H26ClF6N3O3. The van der Waals surface area contributed by atoms with Crippen molar-refractivity contribution in [3.8, 4) is 0 Å². The molecule has 0 saturated heterocycles. The van der Waals surface area contributed by atoms with Gasteiger partial charge < -0.3 is 14.2 Å². The van der Waals surface area contributed by atoms with Gasteiger partial charge in [-0.3, -0.25) is 4.90 Å². The zero-order valence-electron chi connectivity index (χ0n) is 21.7. The highest BCUT2D eigenvalue weighted by molar-refractivity contribution is 6.31. The molecular weight excluding hydrogens is 564 g/mol. The fraction of sp³-hybridized carbons (Fsp3) is 0.407. The molecule has 2 aromatic carbocycles. The molecule has 216 valence electrons. The van der Waals surface area contributed by atoms with E-state index in [0.29, 0.717) is 46.9 Å². The van der Waals surface area contributed by atoms with Crippen molar-refractivity contribution >= 4 is 29.3 Å². The molecule has 1 unspecified atom stereocenters. The van der Waals surface area contributed by atoms with E-state index in [1.807, 2.05) is 0 Å². The minimum atomic E-state index is -4.99. The molecule has 13 heteroatoms. The first kappa shape index (κ1) is 29.6. The molecule has 2 heterocycles. The van der Waals surface area contributed by atoms with Crippen LogP contribution in [0.15, 0.2) is 47.0 Å². The van der Waals surface area contributed by atoms with Gasteiger partial charge in [0, 0.05) is 24.2 Å². The highest BCUT2D eigenvalue weighted by Crippen LogP contribution is 2.42. The van der Waals surface area contributed by atoms with Crippen LogP contribution >= 0.6 is 11.6 Å². The van der Waals surface area contributed by atoms with Gasteiger partial charge in [-0.2, -0.15) is 26.3 Å². The number of amides is 1. The number of alkyl halides is 6. The summed E-state index contributed by atoms with van der Waals surface area (Å²) in [6.45, 7) is 4.93. The number of hydrogen-bond donors (Lipinski definition) is 0. The first-order chi connectivity index (χ1) is 18.6. The van der Waals surface area contributed by atoms with Gasteiger partial charge in [-0.1, -0.05) is 22.8 Å². The Labute approximate surface area is 231 Å². The fourth-order valence-electron chi connectivity index (χ4n) is 4.66. The molecule has 0 bridgehead atoms. The summed E-state index contributed by atoms with van der Waals surface area (Å²) in [5, 5.41) is 4.20. The summed E-state index contributed by atoms with van der Waals surface area (Å²) in [7, 11) is 0. The molecule has 40 heavy (non-hydrogen) atoms. The Balaban J connectivity index is 1.84. The summed E-state index contributed by atoms with van der Waals surface area (Å²) in [4.78, 5) is 15.9. The van der Waals surface area contributed by atoms with Crippen LogP contribution in [-0.4, -0.2) is 23.9 Å². The van der Waals surface area contributed by atoms with Gasteiger partial charge in [-0.15, -0.1) is 0 Å². The predicted octanol–water partition coefficient (Wildman–Crippen LogP) is 8.57. The van der Waals surface area contributed by atoms with Crippen LogP contribution in [0.4, 0.5) is 42.7 Å². The Morgan fingerprint density at radius 1 is 1.10 bits per heavy atom. The number of halogens is 7. The maximum absolute atomic E-state index is 13.6. The largest absolute Gasteiger partial charge is 0.446 e. The van der Waals surface area contributed by atoms with E-state index in [2.05, 4.69) is 5.16 Å². The number of anilines is 2. The van der Waals surface area contributed by atoms with Crippen molar-refractivity contribution in [1.82, 2.24) is 5.16 Å². The molecule has 1 aromatic heterocycles. The zero-order valence-corrected chi connectivity index (χ0v) is 22.5. The molecule has 1 aliphatic heterocycles. The smallest absolute Gasteiger partial charge is 0.416 e. The van der Waals surface area contributed by atoms with Crippen LogP contribution in [0.3, 0.4) is 0 Å². The molecule has 0 radical (unpaired) electrons. The molecule has 1 aliphatic rings. The standard InChI is InChI=1S/C27H26ClF6N3O3/c1-15(2)39-25(38)36-8-4-5-22(21-7-6-20(28)13-23(21)36)37(24-9-16(3)35-40-24)14-17-10-18(26(29,30)31)12-19(11-17)27(32,33)34/h6-7,9-13,15,22H,4-5,8,14H2,1-3H3. The van der Waals surface area contributed by atoms with Gasteiger partial charge in [-0.25, -0.2) is 4.79 Å². The summed E-state index contributed by atoms with van der Waals surface area (Å²) < 4.78 is 92.3. The van der Waals surface area contributed by atoms with E-state index in [4.69, 9.17) is 20.9 Å². The molecule has 1 atom stereocenters. The van der Waals surface area contributed by atoms with Gasteiger partial charge in [0.25, 0.3) is 0 Å². The van der Waals surface area contributed by atoms with Gasteiger partial charge >= 0.3 is 18.4 Å². The van der Waals surface area contributed by atoms with Crippen LogP contribution in [0.5, 0.6) is 0 Å². The van der Waals surface area contributed by atoms with Gasteiger partial charge in [0.1, 0.15) is 0 Å². The highest BCUT2D eigenvalue weighted by Gasteiger charge is 2.38. The first-order valence-electron chi connectivity index (χ1n) is 12.4. The number of nitrogens with zero attached hydrogens (tertiary/aromatic N) is 3. The Hall–Kier alpha value is -3.41. The van der Waals surface area contributed by atoms with Crippen molar-refractivity contribution < 1.29 is 40.4 Å². The zero-order chi connectivity index (χ0) is 29.4. The van der Waals surface area contributed by atoms with Crippen LogP contribution in [0, 0.1) is 6.92 Å². The summed E-state index contributed by atoms with van der Waals surface area (Å²) >= 11 is 6.27. The lowest BCUT2D eigenvalue weighted by Gasteiger charge is -2.32.